The van der Waals surface area contributed by atoms with Gasteiger partial charge in [0.15, 0.2) is 0 Å². The first-order valence-electron chi connectivity index (χ1n) is 8.06. The molecule has 146 valence electrons. The van der Waals surface area contributed by atoms with Crippen LogP contribution in [0.3, 0.4) is 0 Å². The molecule has 0 radical (unpaired) electrons. The van der Waals surface area contributed by atoms with Crippen molar-refractivity contribution in [2.45, 2.75) is 13.5 Å². The molecule has 0 spiro atoms. The standard InChI is InChI=1S/C18H16ClN3O5S/c1-9-14-16(28-15(9)18(25)27-3)20-8-22(17(14)24)7-13(23)21-11-6-10(19)4-5-12(11)26-2/h4-6,8H,7H2,1-3H3,(H,21,23). The lowest BCUT2D eigenvalue weighted by Crippen LogP contribution is -2.28. The van der Waals surface area contributed by atoms with Gasteiger partial charge in [-0.05, 0) is 30.7 Å². The quantitative estimate of drug-likeness (QED) is 0.636. The van der Waals surface area contributed by atoms with Gasteiger partial charge >= 0.3 is 5.97 Å². The zero-order valence-corrected chi connectivity index (χ0v) is 16.8. The maximum Gasteiger partial charge on any atom is 0.348 e. The Labute approximate surface area is 168 Å². The number of amides is 1. The molecule has 28 heavy (non-hydrogen) atoms. The summed E-state index contributed by atoms with van der Waals surface area (Å²) in [4.78, 5) is 42.0. The smallest absolute Gasteiger partial charge is 0.348 e. The number of aromatic nitrogens is 2. The zero-order valence-electron chi connectivity index (χ0n) is 15.2. The number of nitrogens with zero attached hydrogens (tertiary/aromatic N) is 2. The first-order chi connectivity index (χ1) is 13.3. The molecule has 3 rings (SSSR count). The maximum absolute atomic E-state index is 12.8. The van der Waals surface area contributed by atoms with Crippen molar-refractivity contribution < 1.29 is 19.1 Å². The van der Waals surface area contributed by atoms with Gasteiger partial charge in [0, 0.05) is 5.02 Å². The molecule has 0 saturated carbocycles. The topological polar surface area (TPSA) is 99.5 Å². The molecule has 0 aliphatic carbocycles. The number of hydrogen-bond acceptors (Lipinski definition) is 7. The third-order valence-corrected chi connectivity index (χ3v) is 5.45. The van der Waals surface area contributed by atoms with Crippen molar-refractivity contribution in [1.29, 1.82) is 0 Å². The number of ether oxygens (including phenoxy) is 2. The van der Waals surface area contributed by atoms with Gasteiger partial charge in [0.25, 0.3) is 5.56 Å². The van der Waals surface area contributed by atoms with E-state index in [1.165, 1.54) is 25.1 Å². The van der Waals surface area contributed by atoms with E-state index in [1.54, 1.807) is 25.1 Å². The van der Waals surface area contributed by atoms with Crippen molar-refractivity contribution in [3.05, 3.63) is 50.3 Å². The number of halogens is 1. The van der Waals surface area contributed by atoms with Crippen LogP contribution in [-0.4, -0.2) is 35.6 Å². The Hall–Kier alpha value is -2.91. The third kappa shape index (κ3) is 3.71. The van der Waals surface area contributed by atoms with E-state index < -0.39 is 17.4 Å². The van der Waals surface area contributed by atoms with Gasteiger partial charge in [0.05, 0.1) is 31.6 Å². The molecular weight excluding hydrogens is 406 g/mol. The predicted molar refractivity (Wildman–Crippen MR) is 107 cm³/mol. The summed E-state index contributed by atoms with van der Waals surface area (Å²) in [5.74, 6) is -0.544. The molecule has 1 amide bonds. The molecule has 0 bridgehead atoms. The first-order valence-corrected chi connectivity index (χ1v) is 9.25. The van der Waals surface area contributed by atoms with Crippen molar-refractivity contribution in [2.75, 3.05) is 19.5 Å². The summed E-state index contributed by atoms with van der Waals surface area (Å²) in [7, 11) is 2.74. The van der Waals surface area contributed by atoms with Crippen LogP contribution in [0.4, 0.5) is 5.69 Å². The Bertz CT molecular complexity index is 1140. The number of esters is 1. The van der Waals surface area contributed by atoms with Crippen LogP contribution in [0.15, 0.2) is 29.3 Å². The lowest BCUT2D eigenvalue weighted by Gasteiger charge is -2.11. The van der Waals surface area contributed by atoms with Gasteiger partial charge in [-0.2, -0.15) is 0 Å². The van der Waals surface area contributed by atoms with Crippen molar-refractivity contribution in [1.82, 2.24) is 9.55 Å². The molecule has 0 atom stereocenters. The molecule has 0 fully saturated rings. The molecule has 8 nitrogen and oxygen atoms in total. The van der Waals surface area contributed by atoms with Gasteiger partial charge in [0.2, 0.25) is 5.91 Å². The fourth-order valence-electron chi connectivity index (χ4n) is 2.68. The summed E-state index contributed by atoms with van der Waals surface area (Å²) in [6.07, 6.45) is 1.27. The summed E-state index contributed by atoms with van der Waals surface area (Å²) in [6, 6.07) is 4.81. The Morgan fingerprint density at radius 1 is 1.32 bits per heavy atom. The summed E-state index contributed by atoms with van der Waals surface area (Å²) in [5.41, 5.74) is 0.458. The Morgan fingerprint density at radius 2 is 2.07 bits per heavy atom. The van der Waals surface area contributed by atoms with Crippen LogP contribution in [0.5, 0.6) is 5.75 Å². The number of carbonyl (C=O) groups is 2. The van der Waals surface area contributed by atoms with Crippen LogP contribution in [0, 0.1) is 6.92 Å². The van der Waals surface area contributed by atoms with Gasteiger partial charge in [0.1, 0.15) is 22.0 Å². The number of methoxy groups -OCH3 is 2. The van der Waals surface area contributed by atoms with Crippen molar-refractivity contribution in [3.8, 4) is 5.75 Å². The molecule has 10 heteroatoms. The number of nitrogens with one attached hydrogen (secondary N) is 1. The van der Waals surface area contributed by atoms with Crippen molar-refractivity contribution in [3.63, 3.8) is 0 Å². The molecule has 3 aromatic rings. The van der Waals surface area contributed by atoms with E-state index in [-0.39, 0.29) is 6.54 Å². The number of rotatable bonds is 5. The summed E-state index contributed by atoms with van der Waals surface area (Å²) < 4.78 is 11.1. The molecular formula is C18H16ClN3O5S. The molecule has 1 aromatic carbocycles. The number of thiophene rings is 1. The molecule has 2 aromatic heterocycles. The lowest BCUT2D eigenvalue weighted by molar-refractivity contribution is -0.116. The largest absolute Gasteiger partial charge is 0.495 e. The van der Waals surface area contributed by atoms with E-state index >= 15 is 0 Å². The number of carbonyl (C=O) groups excluding carboxylic acids is 2. The van der Waals surface area contributed by atoms with E-state index in [4.69, 9.17) is 21.1 Å². The maximum atomic E-state index is 12.8. The minimum atomic E-state index is -0.530. The predicted octanol–water partition coefficient (Wildman–Crippen LogP) is 2.85. The number of hydrogen-bond donors (Lipinski definition) is 1. The molecule has 2 heterocycles. The fraction of sp³-hybridized carbons (Fsp3) is 0.222. The van der Waals surface area contributed by atoms with E-state index in [0.29, 0.717) is 37.1 Å². The molecule has 0 aliphatic rings. The molecule has 0 unspecified atom stereocenters. The SMILES string of the molecule is COC(=O)c1sc2ncn(CC(=O)Nc3cc(Cl)ccc3OC)c(=O)c2c1C. The highest BCUT2D eigenvalue weighted by atomic mass is 35.5. The Kier molecular flexibility index (Phi) is 5.66. The summed E-state index contributed by atoms with van der Waals surface area (Å²) in [5, 5.41) is 3.39. The van der Waals surface area contributed by atoms with Gasteiger partial charge in [-0.3, -0.25) is 14.2 Å². The zero-order chi connectivity index (χ0) is 20.4. The minimum absolute atomic E-state index is 0.264. The van der Waals surface area contributed by atoms with Gasteiger partial charge < -0.3 is 14.8 Å². The number of fused-ring (bicyclic) bond motifs is 1. The van der Waals surface area contributed by atoms with Crippen molar-refractivity contribution in [2.24, 2.45) is 0 Å². The van der Waals surface area contributed by atoms with Crippen LogP contribution >= 0.6 is 22.9 Å². The molecule has 0 aliphatic heterocycles. The van der Waals surface area contributed by atoms with Gasteiger partial charge in [-0.15, -0.1) is 11.3 Å². The van der Waals surface area contributed by atoms with E-state index in [2.05, 4.69) is 10.3 Å². The second-order valence-electron chi connectivity index (χ2n) is 5.80. The third-order valence-electron chi connectivity index (χ3n) is 4.04. The second-order valence-corrected chi connectivity index (χ2v) is 7.23. The van der Waals surface area contributed by atoms with E-state index in [1.807, 2.05) is 0 Å². The van der Waals surface area contributed by atoms with Crippen LogP contribution in [0.25, 0.3) is 10.2 Å². The van der Waals surface area contributed by atoms with E-state index in [0.717, 1.165) is 11.3 Å². The summed E-state index contributed by atoms with van der Waals surface area (Å²) >= 11 is 7.03. The van der Waals surface area contributed by atoms with Gasteiger partial charge in [-0.1, -0.05) is 11.6 Å². The van der Waals surface area contributed by atoms with Crippen LogP contribution in [0.2, 0.25) is 5.02 Å². The average Bonchev–Trinajstić information content (AvgIpc) is 3.01. The van der Waals surface area contributed by atoms with Gasteiger partial charge in [-0.25, -0.2) is 9.78 Å². The highest BCUT2D eigenvalue weighted by Crippen LogP contribution is 2.28. The monoisotopic (exact) mass is 421 g/mol. The first kappa shape index (κ1) is 19.8. The fourth-order valence-corrected chi connectivity index (χ4v) is 3.91. The summed E-state index contributed by atoms with van der Waals surface area (Å²) in [6.45, 7) is 1.38. The van der Waals surface area contributed by atoms with E-state index in [9.17, 15) is 14.4 Å². The molecule has 1 N–H and O–H groups in total. The average molecular weight is 422 g/mol. The van der Waals surface area contributed by atoms with Crippen molar-refractivity contribution >= 4 is 50.7 Å². The minimum Gasteiger partial charge on any atom is -0.495 e. The van der Waals surface area contributed by atoms with Crippen LogP contribution in [0.1, 0.15) is 15.2 Å². The Balaban J connectivity index is 1.90. The highest BCUT2D eigenvalue weighted by molar-refractivity contribution is 7.20. The number of aryl methyl sites for hydroxylation is 1. The lowest BCUT2D eigenvalue weighted by atomic mass is 10.2. The molecule has 0 saturated heterocycles. The van der Waals surface area contributed by atoms with Crippen LogP contribution < -0.4 is 15.6 Å². The number of anilines is 1. The highest BCUT2D eigenvalue weighted by Gasteiger charge is 2.20. The number of benzene rings is 1. The second kappa shape index (κ2) is 7.99. The van der Waals surface area contributed by atoms with Crippen LogP contribution in [-0.2, 0) is 16.1 Å². The Morgan fingerprint density at radius 3 is 2.75 bits per heavy atom. The normalized spacial score (nSPS) is 10.7.